The molecule has 6 heteroatoms. The molecule has 0 saturated heterocycles. The Hall–Kier alpha value is -2.40. The molecule has 0 atom stereocenters. The SMILES string of the molecule is Cc1cccc(NC(=O)C(=O)Nc2ccc(Cl)cc2)n1. The van der Waals surface area contributed by atoms with E-state index in [2.05, 4.69) is 15.6 Å². The van der Waals surface area contributed by atoms with Crippen LogP contribution in [0.5, 0.6) is 0 Å². The maximum absolute atomic E-state index is 11.7. The van der Waals surface area contributed by atoms with Crippen molar-refractivity contribution in [3.05, 3.63) is 53.2 Å². The van der Waals surface area contributed by atoms with Gasteiger partial charge in [0.25, 0.3) is 0 Å². The number of pyridine rings is 1. The van der Waals surface area contributed by atoms with Gasteiger partial charge in [0.1, 0.15) is 5.82 Å². The monoisotopic (exact) mass is 289 g/mol. The molecule has 2 amide bonds. The van der Waals surface area contributed by atoms with E-state index in [1.54, 1.807) is 49.4 Å². The average Bonchev–Trinajstić information content (AvgIpc) is 2.41. The van der Waals surface area contributed by atoms with E-state index in [0.717, 1.165) is 5.69 Å². The first-order valence-electron chi connectivity index (χ1n) is 5.86. The highest BCUT2D eigenvalue weighted by Gasteiger charge is 2.14. The van der Waals surface area contributed by atoms with Gasteiger partial charge < -0.3 is 10.6 Å². The fourth-order valence-corrected chi connectivity index (χ4v) is 1.63. The summed E-state index contributed by atoms with van der Waals surface area (Å²) in [6, 6.07) is 11.6. The van der Waals surface area contributed by atoms with Gasteiger partial charge in [0.2, 0.25) is 0 Å². The van der Waals surface area contributed by atoms with Crippen molar-refractivity contribution >= 4 is 34.9 Å². The van der Waals surface area contributed by atoms with Crippen molar-refractivity contribution in [2.24, 2.45) is 0 Å². The largest absolute Gasteiger partial charge is 0.318 e. The van der Waals surface area contributed by atoms with E-state index in [1.807, 2.05) is 0 Å². The van der Waals surface area contributed by atoms with Gasteiger partial charge in [-0.2, -0.15) is 0 Å². The Morgan fingerprint density at radius 2 is 1.65 bits per heavy atom. The number of carbonyl (C=O) groups excluding carboxylic acids is 2. The Labute approximate surface area is 121 Å². The van der Waals surface area contributed by atoms with Gasteiger partial charge >= 0.3 is 11.8 Å². The normalized spacial score (nSPS) is 9.90. The Balaban J connectivity index is 1.98. The summed E-state index contributed by atoms with van der Waals surface area (Å²) in [6.07, 6.45) is 0. The minimum atomic E-state index is -0.780. The number of halogens is 1. The highest BCUT2D eigenvalue weighted by molar-refractivity contribution is 6.43. The summed E-state index contributed by atoms with van der Waals surface area (Å²) in [4.78, 5) is 27.5. The third kappa shape index (κ3) is 3.80. The molecule has 102 valence electrons. The van der Waals surface area contributed by atoms with Crippen LogP contribution in [0.3, 0.4) is 0 Å². The molecule has 0 unspecified atom stereocenters. The van der Waals surface area contributed by atoms with Gasteiger partial charge in [-0.15, -0.1) is 0 Å². The second kappa shape index (κ2) is 6.16. The molecule has 0 bridgehead atoms. The van der Waals surface area contributed by atoms with Crippen LogP contribution in [0.4, 0.5) is 11.5 Å². The Morgan fingerprint density at radius 3 is 2.30 bits per heavy atom. The summed E-state index contributed by atoms with van der Waals surface area (Å²) in [6.45, 7) is 1.80. The Kier molecular flexibility index (Phi) is 4.32. The van der Waals surface area contributed by atoms with Crippen LogP contribution in [-0.4, -0.2) is 16.8 Å². The van der Waals surface area contributed by atoms with Gasteiger partial charge in [0.05, 0.1) is 0 Å². The first-order chi connectivity index (χ1) is 9.54. The number of benzene rings is 1. The molecular weight excluding hydrogens is 278 g/mol. The molecule has 0 saturated carbocycles. The van der Waals surface area contributed by atoms with E-state index < -0.39 is 11.8 Å². The highest BCUT2D eigenvalue weighted by Crippen LogP contribution is 2.13. The van der Waals surface area contributed by atoms with E-state index in [1.165, 1.54) is 0 Å². The molecule has 5 nitrogen and oxygen atoms in total. The van der Waals surface area contributed by atoms with E-state index in [0.29, 0.717) is 16.5 Å². The lowest BCUT2D eigenvalue weighted by Crippen LogP contribution is -2.29. The van der Waals surface area contributed by atoms with Crippen molar-refractivity contribution in [3.63, 3.8) is 0 Å². The van der Waals surface area contributed by atoms with Crippen molar-refractivity contribution in [2.75, 3.05) is 10.6 Å². The average molecular weight is 290 g/mol. The van der Waals surface area contributed by atoms with Crippen LogP contribution in [0.1, 0.15) is 5.69 Å². The zero-order valence-corrected chi connectivity index (χ0v) is 11.4. The van der Waals surface area contributed by atoms with Crippen LogP contribution in [0.15, 0.2) is 42.5 Å². The number of rotatable bonds is 2. The van der Waals surface area contributed by atoms with Crippen molar-refractivity contribution in [1.82, 2.24) is 4.98 Å². The molecule has 2 N–H and O–H groups in total. The van der Waals surface area contributed by atoms with Crippen LogP contribution < -0.4 is 10.6 Å². The summed E-state index contributed by atoms with van der Waals surface area (Å²) < 4.78 is 0. The molecule has 0 radical (unpaired) electrons. The summed E-state index contributed by atoms with van der Waals surface area (Å²) in [7, 11) is 0. The topological polar surface area (TPSA) is 71.1 Å². The summed E-state index contributed by atoms with van der Waals surface area (Å²) in [5.74, 6) is -1.21. The van der Waals surface area contributed by atoms with Crippen LogP contribution in [-0.2, 0) is 9.59 Å². The number of carbonyl (C=O) groups is 2. The standard InChI is InChI=1S/C14H12ClN3O2/c1-9-3-2-4-12(16-9)18-14(20)13(19)17-11-7-5-10(15)6-8-11/h2-8H,1H3,(H,17,19)(H,16,18,20). The molecule has 1 aromatic heterocycles. The number of aryl methyl sites for hydroxylation is 1. The molecule has 0 aliphatic rings. The lowest BCUT2D eigenvalue weighted by Gasteiger charge is -2.06. The van der Waals surface area contributed by atoms with Crippen LogP contribution in [0, 0.1) is 6.92 Å². The minimum absolute atomic E-state index is 0.334. The van der Waals surface area contributed by atoms with Crippen LogP contribution >= 0.6 is 11.6 Å². The molecule has 2 aromatic rings. The number of nitrogens with zero attached hydrogens (tertiary/aromatic N) is 1. The number of aromatic nitrogens is 1. The number of hydrogen-bond acceptors (Lipinski definition) is 3. The predicted octanol–water partition coefficient (Wildman–Crippen LogP) is 2.62. The van der Waals surface area contributed by atoms with E-state index in [-0.39, 0.29) is 0 Å². The number of hydrogen-bond donors (Lipinski definition) is 2. The number of amides is 2. The van der Waals surface area contributed by atoms with Crippen molar-refractivity contribution < 1.29 is 9.59 Å². The predicted molar refractivity (Wildman–Crippen MR) is 77.7 cm³/mol. The first kappa shape index (κ1) is 14.0. The van der Waals surface area contributed by atoms with Gasteiger partial charge in [-0.25, -0.2) is 4.98 Å². The zero-order chi connectivity index (χ0) is 14.5. The molecule has 0 aliphatic carbocycles. The van der Waals surface area contributed by atoms with Gasteiger partial charge in [-0.1, -0.05) is 17.7 Å². The first-order valence-corrected chi connectivity index (χ1v) is 6.24. The van der Waals surface area contributed by atoms with Crippen molar-refractivity contribution in [3.8, 4) is 0 Å². The molecule has 20 heavy (non-hydrogen) atoms. The second-order valence-electron chi connectivity index (χ2n) is 4.08. The second-order valence-corrected chi connectivity index (χ2v) is 4.52. The molecule has 2 rings (SSSR count). The fourth-order valence-electron chi connectivity index (χ4n) is 1.51. The van der Waals surface area contributed by atoms with Crippen LogP contribution in [0.25, 0.3) is 0 Å². The molecule has 0 spiro atoms. The number of nitrogens with one attached hydrogen (secondary N) is 2. The van der Waals surface area contributed by atoms with E-state index in [4.69, 9.17) is 11.6 Å². The van der Waals surface area contributed by atoms with Gasteiger partial charge in [0.15, 0.2) is 0 Å². The summed E-state index contributed by atoms with van der Waals surface area (Å²) in [5, 5.41) is 5.44. The summed E-state index contributed by atoms with van der Waals surface area (Å²) >= 11 is 5.73. The maximum Gasteiger partial charge on any atom is 0.315 e. The molecule has 1 heterocycles. The number of anilines is 2. The Bertz CT molecular complexity index is 641. The smallest absolute Gasteiger partial charge is 0.315 e. The van der Waals surface area contributed by atoms with Crippen molar-refractivity contribution in [2.45, 2.75) is 6.92 Å². The molecular formula is C14H12ClN3O2. The molecule has 0 fully saturated rings. The maximum atomic E-state index is 11.7. The van der Waals surface area contributed by atoms with Crippen LogP contribution in [0.2, 0.25) is 5.02 Å². The molecule has 0 aliphatic heterocycles. The highest BCUT2D eigenvalue weighted by atomic mass is 35.5. The lowest BCUT2D eigenvalue weighted by atomic mass is 10.3. The lowest BCUT2D eigenvalue weighted by molar-refractivity contribution is -0.133. The molecule has 1 aromatic carbocycles. The van der Waals surface area contributed by atoms with Gasteiger partial charge in [0, 0.05) is 16.4 Å². The zero-order valence-electron chi connectivity index (χ0n) is 10.7. The Morgan fingerprint density at radius 1 is 1.00 bits per heavy atom. The quantitative estimate of drug-likeness (QED) is 0.835. The van der Waals surface area contributed by atoms with E-state index >= 15 is 0 Å². The fraction of sp³-hybridized carbons (Fsp3) is 0.0714. The van der Waals surface area contributed by atoms with E-state index in [9.17, 15) is 9.59 Å². The van der Waals surface area contributed by atoms with Gasteiger partial charge in [-0.3, -0.25) is 9.59 Å². The summed E-state index contributed by atoms with van der Waals surface area (Å²) in [5.41, 5.74) is 1.24. The van der Waals surface area contributed by atoms with Crippen molar-refractivity contribution in [1.29, 1.82) is 0 Å². The third-order valence-corrected chi connectivity index (χ3v) is 2.69. The third-order valence-electron chi connectivity index (χ3n) is 2.44. The van der Waals surface area contributed by atoms with Gasteiger partial charge in [-0.05, 0) is 43.3 Å². The minimum Gasteiger partial charge on any atom is -0.318 e.